The van der Waals surface area contributed by atoms with Gasteiger partial charge in [0.25, 0.3) is 0 Å². The van der Waals surface area contributed by atoms with Crippen LogP contribution in [0, 0.1) is 13.8 Å². The second-order valence-electron chi connectivity index (χ2n) is 18.9. The van der Waals surface area contributed by atoms with Crippen LogP contribution in [-0.2, 0) is 0 Å². The number of aryl methyl sites for hydroxylation is 2. The third-order valence-electron chi connectivity index (χ3n) is 14.6. The molecule has 0 bridgehead atoms. The number of hydrogen-bond acceptors (Lipinski definition) is 1. The molecule has 334 valence electrons. The smallest absolute Gasteiger partial charge is 0.144 e. The maximum absolute atomic E-state index is 4.76. The van der Waals surface area contributed by atoms with E-state index in [0.29, 0.717) is 11.8 Å². The van der Waals surface area contributed by atoms with Gasteiger partial charge in [-0.25, -0.2) is 4.98 Å². The van der Waals surface area contributed by atoms with Crippen molar-refractivity contribution in [1.82, 2.24) is 18.7 Å². The van der Waals surface area contributed by atoms with E-state index in [1.54, 1.807) is 0 Å². The molecule has 4 heteroatoms. The van der Waals surface area contributed by atoms with Crippen molar-refractivity contribution < 1.29 is 0 Å². The Labute approximate surface area is 404 Å². The molecule has 0 aliphatic heterocycles. The molecule has 9 aromatic carbocycles. The Balaban J connectivity index is 0.860. The Morgan fingerprint density at radius 3 is 1.57 bits per heavy atom. The molecular weight excluding hydrogens is 837 g/mol. The van der Waals surface area contributed by atoms with Gasteiger partial charge in [0.2, 0.25) is 0 Å². The van der Waals surface area contributed by atoms with Gasteiger partial charge < -0.3 is 9.13 Å². The van der Waals surface area contributed by atoms with Gasteiger partial charge in [0.05, 0.1) is 27.8 Å². The highest BCUT2D eigenvalue weighted by Gasteiger charge is 2.21. The van der Waals surface area contributed by atoms with Crippen LogP contribution < -0.4 is 0 Å². The summed E-state index contributed by atoms with van der Waals surface area (Å²) in [5.41, 5.74) is 19.7. The van der Waals surface area contributed by atoms with E-state index < -0.39 is 0 Å². The molecule has 0 saturated carbocycles. The summed E-state index contributed by atoms with van der Waals surface area (Å²) in [4.78, 5) is 4.76. The third-order valence-corrected chi connectivity index (χ3v) is 14.6. The number of hydrogen-bond donors (Lipinski definition) is 0. The lowest BCUT2D eigenvalue weighted by Gasteiger charge is -2.24. The van der Waals surface area contributed by atoms with Gasteiger partial charge in [-0.2, -0.15) is 0 Å². The molecule has 69 heavy (non-hydrogen) atoms. The molecule has 4 nitrogen and oxygen atoms in total. The molecule has 0 radical (unpaired) electrons. The van der Waals surface area contributed by atoms with Crippen molar-refractivity contribution in [3.8, 4) is 50.7 Å². The Hall–Kier alpha value is -8.21. The van der Waals surface area contributed by atoms with Crippen LogP contribution in [0.15, 0.2) is 219 Å². The number of nitrogens with zero attached hydrogens (tertiary/aromatic N) is 4. The standard InChI is InChI=1S/C65H54N4/c1-5-46(53-37-44(3)64(45(4)38-53)67-35-34-66-65(67)48-20-10-7-11-21-48)36-43(2)49-22-16-24-54(39-49)68-60-28-14-13-27-57(60)59-42-52(31-33-63(59)68)50-23-17-25-55(40-50)69-61-29-15-12-26-56(61)58-41-51(30-32-62(58)69)47-18-8-6-9-19-47/h6-35,37-43,46H,5,36H2,1-4H3. The quantitative estimate of drug-likeness (QED) is 0.127. The van der Waals surface area contributed by atoms with E-state index in [9.17, 15) is 0 Å². The molecule has 3 aromatic heterocycles. The van der Waals surface area contributed by atoms with E-state index in [1.165, 1.54) is 99.5 Å². The topological polar surface area (TPSA) is 27.7 Å². The van der Waals surface area contributed by atoms with Gasteiger partial charge in [-0.3, -0.25) is 4.57 Å². The highest BCUT2D eigenvalue weighted by atomic mass is 15.1. The fourth-order valence-electron chi connectivity index (χ4n) is 11.3. The number of aromatic nitrogens is 4. The fraction of sp³-hybridized carbons (Fsp3) is 0.123. The Morgan fingerprint density at radius 2 is 0.942 bits per heavy atom. The Bertz CT molecular complexity index is 3830. The van der Waals surface area contributed by atoms with Gasteiger partial charge in [-0.15, -0.1) is 0 Å². The summed E-state index contributed by atoms with van der Waals surface area (Å²) < 4.78 is 7.14. The van der Waals surface area contributed by atoms with E-state index in [4.69, 9.17) is 4.98 Å². The predicted molar refractivity (Wildman–Crippen MR) is 291 cm³/mol. The molecule has 0 aliphatic rings. The number of para-hydroxylation sites is 2. The molecule has 0 spiro atoms. The van der Waals surface area contributed by atoms with Crippen LogP contribution in [0.3, 0.4) is 0 Å². The van der Waals surface area contributed by atoms with Gasteiger partial charge in [-0.1, -0.05) is 159 Å². The van der Waals surface area contributed by atoms with Crippen molar-refractivity contribution in [3.63, 3.8) is 0 Å². The van der Waals surface area contributed by atoms with E-state index >= 15 is 0 Å². The molecule has 0 fully saturated rings. The van der Waals surface area contributed by atoms with Crippen molar-refractivity contribution in [2.24, 2.45) is 0 Å². The van der Waals surface area contributed by atoms with Gasteiger partial charge in [-0.05, 0) is 144 Å². The van der Waals surface area contributed by atoms with Crippen LogP contribution in [0.25, 0.3) is 94.3 Å². The first kappa shape index (κ1) is 42.2. The maximum Gasteiger partial charge on any atom is 0.144 e. The second kappa shape index (κ2) is 17.5. The molecule has 12 rings (SSSR count). The average molecular weight is 891 g/mol. The van der Waals surface area contributed by atoms with Crippen LogP contribution in [0.1, 0.15) is 60.8 Å². The first-order valence-electron chi connectivity index (χ1n) is 24.4. The number of imidazole rings is 1. The van der Waals surface area contributed by atoms with Crippen molar-refractivity contribution in [2.45, 2.75) is 52.4 Å². The molecule has 0 amide bonds. The van der Waals surface area contributed by atoms with Crippen molar-refractivity contribution in [3.05, 3.63) is 241 Å². The summed E-state index contributed by atoms with van der Waals surface area (Å²) in [6.45, 7) is 9.24. The van der Waals surface area contributed by atoms with Crippen molar-refractivity contribution >= 4 is 43.6 Å². The Kier molecular flexibility index (Phi) is 10.7. The Morgan fingerprint density at radius 1 is 0.435 bits per heavy atom. The largest absolute Gasteiger partial charge is 0.309 e. The first-order valence-corrected chi connectivity index (χ1v) is 24.4. The summed E-state index contributed by atoms with van der Waals surface area (Å²) >= 11 is 0. The molecule has 0 saturated heterocycles. The number of fused-ring (bicyclic) bond motifs is 6. The summed E-state index contributed by atoms with van der Waals surface area (Å²) in [5.74, 6) is 1.76. The van der Waals surface area contributed by atoms with Crippen molar-refractivity contribution in [2.75, 3.05) is 0 Å². The fourth-order valence-corrected chi connectivity index (χ4v) is 11.3. The average Bonchev–Trinajstić information content (AvgIpc) is 4.11. The van der Waals surface area contributed by atoms with E-state index in [1.807, 2.05) is 6.20 Å². The van der Waals surface area contributed by atoms with Crippen molar-refractivity contribution in [1.29, 1.82) is 0 Å². The summed E-state index contributed by atoms with van der Waals surface area (Å²) in [6, 6.07) is 75.9. The van der Waals surface area contributed by atoms with Gasteiger partial charge in [0.15, 0.2) is 0 Å². The predicted octanol–water partition coefficient (Wildman–Crippen LogP) is 17.4. The monoisotopic (exact) mass is 890 g/mol. The highest BCUT2D eigenvalue weighted by molar-refractivity contribution is 6.12. The summed E-state index contributed by atoms with van der Waals surface area (Å²) in [6.07, 6.45) is 6.14. The minimum Gasteiger partial charge on any atom is -0.309 e. The highest BCUT2D eigenvalue weighted by Crippen LogP contribution is 2.40. The lowest BCUT2D eigenvalue weighted by atomic mass is 9.83. The van der Waals surface area contributed by atoms with Crippen LogP contribution in [0.2, 0.25) is 0 Å². The minimum atomic E-state index is 0.362. The van der Waals surface area contributed by atoms with Crippen LogP contribution >= 0.6 is 0 Å². The van der Waals surface area contributed by atoms with Gasteiger partial charge >= 0.3 is 0 Å². The number of benzene rings is 9. The third kappa shape index (κ3) is 7.44. The minimum absolute atomic E-state index is 0.362. The first-order chi connectivity index (χ1) is 33.9. The van der Waals surface area contributed by atoms with Crippen LogP contribution in [-0.4, -0.2) is 18.7 Å². The molecule has 0 aliphatic carbocycles. The lowest BCUT2D eigenvalue weighted by molar-refractivity contribution is 0.544. The summed E-state index contributed by atoms with van der Waals surface area (Å²) in [7, 11) is 0. The molecule has 2 unspecified atom stereocenters. The zero-order valence-corrected chi connectivity index (χ0v) is 39.6. The molecule has 2 atom stereocenters. The summed E-state index contributed by atoms with van der Waals surface area (Å²) in [5, 5.41) is 5.03. The zero-order chi connectivity index (χ0) is 46.6. The zero-order valence-electron chi connectivity index (χ0n) is 39.6. The van der Waals surface area contributed by atoms with E-state index in [2.05, 4.69) is 254 Å². The van der Waals surface area contributed by atoms with E-state index in [0.717, 1.165) is 29.9 Å². The molecule has 3 heterocycles. The maximum atomic E-state index is 4.76. The molecular formula is C65H54N4. The SMILES string of the molecule is CCC(CC(C)c1cccc(-n2c3ccccc3c3cc(-c4cccc(-n5c6ccccc6c6cc(-c7ccccc7)ccc65)c4)ccc32)c1)c1cc(C)c(-n2ccnc2-c2ccccc2)c(C)c1. The van der Waals surface area contributed by atoms with E-state index in [-0.39, 0.29) is 0 Å². The lowest BCUT2D eigenvalue weighted by Crippen LogP contribution is -2.08. The van der Waals surface area contributed by atoms with Crippen LogP contribution in [0.4, 0.5) is 0 Å². The van der Waals surface area contributed by atoms with Crippen LogP contribution in [0.5, 0.6) is 0 Å². The number of rotatable bonds is 11. The normalized spacial score (nSPS) is 12.6. The van der Waals surface area contributed by atoms with Gasteiger partial charge in [0.1, 0.15) is 5.82 Å². The second-order valence-corrected chi connectivity index (χ2v) is 18.9. The van der Waals surface area contributed by atoms with Gasteiger partial charge in [0, 0.05) is 50.9 Å². The molecule has 12 aromatic rings. The molecule has 0 N–H and O–H groups in total.